The number of aryl methyl sites for hydroxylation is 2. The van der Waals surface area contributed by atoms with Crippen LogP contribution in [0.3, 0.4) is 0 Å². The molecule has 8 heteroatoms. The van der Waals surface area contributed by atoms with Gasteiger partial charge in [0.15, 0.2) is 0 Å². The highest BCUT2D eigenvalue weighted by atomic mass is 19.1. The smallest absolute Gasteiger partial charge is 0.136 e. The topological polar surface area (TPSA) is 88.4 Å². The number of benzene rings is 1. The van der Waals surface area contributed by atoms with Crippen LogP contribution in [0.25, 0.3) is 0 Å². The lowest BCUT2D eigenvalue weighted by molar-refractivity contribution is 0.122. The molecule has 0 spiro atoms. The SMILES string of the molecule is CCN1CCC(c2cc(Nc3cc(N4CC(O)C4)nc(C)n3)c(C=N)cc2C)C(F)C1. The van der Waals surface area contributed by atoms with Crippen LogP contribution in [-0.2, 0) is 0 Å². The minimum absolute atomic E-state index is 0.145. The minimum Gasteiger partial charge on any atom is -0.389 e. The summed E-state index contributed by atoms with van der Waals surface area (Å²) in [6, 6.07) is 5.78. The maximum absolute atomic E-state index is 15.0. The van der Waals surface area contributed by atoms with Crippen molar-refractivity contribution in [1.29, 1.82) is 5.41 Å². The van der Waals surface area contributed by atoms with E-state index >= 15 is 4.39 Å². The summed E-state index contributed by atoms with van der Waals surface area (Å²) < 4.78 is 15.0. The van der Waals surface area contributed by atoms with Gasteiger partial charge in [0.1, 0.15) is 23.6 Å². The summed E-state index contributed by atoms with van der Waals surface area (Å²) in [5.74, 6) is 1.87. The van der Waals surface area contributed by atoms with Gasteiger partial charge >= 0.3 is 0 Å². The number of hydrogen-bond acceptors (Lipinski definition) is 7. The van der Waals surface area contributed by atoms with Gasteiger partial charge in [-0.3, -0.25) is 0 Å². The van der Waals surface area contributed by atoms with E-state index in [0.29, 0.717) is 31.3 Å². The Kier molecular flexibility index (Phi) is 6.20. The van der Waals surface area contributed by atoms with Gasteiger partial charge in [-0.15, -0.1) is 0 Å². The Labute approximate surface area is 182 Å². The van der Waals surface area contributed by atoms with Crippen molar-refractivity contribution in [3.8, 4) is 0 Å². The fraction of sp³-hybridized carbons (Fsp3) is 0.522. The normalized spacial score (nSPS) is 22.3. The first-order valence-electron chi connectivity index (χ1n) is 10.9. The van der Waals surface area contributed by atoms with Crippen LogP contribution in [0.1, 0.15) is 41.8 Å². The summed E-state index contributed by atoms with van der Waals surface area (Å²) in [6.07, 6.45) is 0.875. The summed E-state index contributed by atoms with van der Waals surface area (Å²) in [7, 11) is 0. The first-order chi connectivity index (χ1) is 14.9. The number of β-amino-alcohol motifs (C(OH)–C–C–N with tert-alkyl or cyclic N) is 1. The van der Waals surface area contributed by atoms with Crippen molar-refractivity contribution < 1.29 is 9.50 Å². The van der Waals surface area contributed by atoms with Crippen LogP contribution in [0.15, 0.2) is 18.2 Å². The molecule has 2 aliphatic heterocycles. The van der Waals surface area contributed by atoms with E-state index in [0.717, 1.165) is 47.7 Å². The molecule has 2 aromatic rings. The number of alkyl halides is 1. The second-order valence-corrected chi connectivity index (χ2v) is 8.59. The van der Waals surface area contributed by atoms with Gasteiger partial charge in [-0.2, -0.15) is 0 Å². The lowest BCUT2D eigenvalue weighted by Crippen LogP contribution is -2.51. The fourth-order valence-corrected chi connectivity index (χ4v) is 4.54. The number of halogens is 1. The monoisotopic (exact) mass is 426 g/mol. The largest absolute Gasteiger partial charge is 0.389 e. The van der Waals surface area contributed by atoms with Crippen molar-refractivity contribution >= 4 is 23.5 Å². The maximum Gasteiger partial charge on any atom is 0.136 e. The number of anilines is 3. The fourth-order valence-electron chi connectivity index (χ4n) is 4.54. The van der Waals surface area contributed by atoms with Crippen LogP contribution in [0, 0.1) is 19.3 Å². The third kappa shape index (κ3) is 4.55. The summed E-state index contributed by atoms with van der Waals surface area (Å²) in [6.45, 7) is 9.24. The van der Waals surface area contributed by atoms with Crippen LogP contribution in [0.2, 0.25) is 0 Å². The highest BCUT2D eigenvalue weighted by Crippen LogP contribution is 2.36. The third-order valence-electron chi connectivity index (χ3n) is 6.34. The average Bonchev–Trinajstić information content (AvgIpc) is 2.72. The van der Waals surface area contributed by atoms with Crippen LogP contribution >= 0.6 is 0 Å². The predicted octanol–water partition coefficient (Wildman–Crippen LogP) is 3.16. The van der Waals surface area contributed by atoms with Gasteiger partial charge in [0.25, 0.3) is 0 Å². The molecular weight excluding hydrogens is 395 g/mol. The van der Waals surface area contributed by atoms with Gasteiger partial charge in [0.05, 0.1) is 6.10 Å². The van der Waals surface area contributed by atoms with E-state index < -0.39 is 6.17 Å². The van der Waals surface area contributed by atoms with Crippen LogP contribution in [-0.4, -0.2) is 71.2 Å². The van der Waals surface area contributed by atoms with E-state index in [2.05, 4.69) is 27.1 Å². The van der Waals surface area contributed by atoms with E-state index in [4.69, 9.17) is 5.41 Å². The molecule has 0 saturated carbocycles. The Bertz CT molecular complexity index is 961. The van der Waals surface area contributed by atoms with Gasteiger partial charge in [0, 0.05) is 49.1 Å². The third-order valence-corrected chi connectivity index (χ3v) is 6.34. The summed E-state index contributed by atoms with van der Waals surface area (Å²) in [4.78, 5) is 13.1. The number of likely N-dealkylation sites (tertiary alicyclic amines) is 1. The Morgan fingerprint density at radius 3 is 2.65 bits per heavy atom. The van der Waals surface area contributed by atoms with Crippen molar-refractivity contribution in [3.63, 3.8) is 0 Å². The Hall–Kier alpha value is -2.58. The number of aromatic nitrogens is 2. The summed E-state index contributed by atoms with van der Waals surface area (Å²) >= 11 is 0. The van der Waals surface area contributed by atoms with E-state index in [1.54, 1.807) is 0 Å². The van der Waals surface area contributed by atoms with Gasteiger partial charge in [-0.05, 0) is 56.6 Å². The first-order valence-corrected chi connectivity index (χ1v) is 10.9. The molecule has 2 fully saturated rings. The van der Waals surface area contributed by atoms with Crippen LogP contribution in [0.4, 0.5) is 21.7 Å². The van der Waals surface area contributed by atoms with Crippen molar-refractivity contribution in [2.24, 2.45) is 0 Å². The van der Waals surface area contributed by atoms with E-state index in [9.17, 15) is 5.11 Å². The average molecular weight is 427 g/mol. The zero-order valence-electron chi connectivity index (χ0n) is 18.4. The Balaban J connectivity index is 1.63. The second-order valence-electron chi connectivity index (χ2n) is 8.59. The Morgan fingerprint density at radius 2 is 2.00 bits per heavy atom. The number of nitrogens with zero attached hydrogens (tertiary/aromatic N) is 4. The van der Waals surface area contributed by atoms with E-state index in [-0.39, 0.29) is 12.0 Å². The predicted molar refractivity (Wildman–Crippen MR) is 122 cm³/mol. The van der Waals surface area contributed by atoms with Crippen molar-refractivity contribution in [3.05, 3.63) is 40.7 Å². The first kappa shape index (κ1) is 21.6. The van der Waals surface area contributed by atoms with Crippen molar-refractivity contribution in [2.75, 3.05) is 42.9 Å². The standard InChI is InChI=1S/C23H31FN6O/c1-4-29-6-5-18(20(24)13-29)19-8-21(16(10-25)7-14(19)2)28-22-9-23(27-15(3)26-22)30-11-17(31)12-30/h7-10,17-18,20,25,31H,4-6,11-13H2,1-3H3,(H,26,27,28). The zero-order chi connectivity index (χ0) is 22.1. The van der Waals surface area contributed by atoms with Crippen LogP contribution in [0.5, 0.6) is 0 Å². The number of aliphatic hydroxyl groups excluding tert-OH is 1. The highest BCUT2D eigenvalue weighted by Gasteiger charge is 2.31. The maximum atomic E-state index is 15.0. The lowest BCUT2D eigenvalue weighted by atomic mass is 9.84. The van der Waals surface area contributed by atoms with E-state index in [1.807, 2.05) is 36.9 Å². The molecule has 1 aromatic carbocycles. The second kappa shape index (κ2) is 8.88. The molecule has 2 unspecified atom stereocenters. The number of hydrogen-bond donors (Lipinski definition) is 3. The molecule has 2 saturated heterocycles. The Morgan fingerprint density at radius 1 is 1.23 bits per heavy atom. The van der Waals surface area contributed by atoms with Gasteiger partial charge in [-0.25, -0.2) is 14.4 Å². The van der Waals surface area contributed by atoms with E-state index in [1.165, 1.54) is 6.21 Å². The van der Waals surface area contributed by atoms with Crippen LogP contribution < -0.4 is 10.2 Å². The molecule has 2 atom stereocenters. The molecule has 7 nitrogen and oxygen atoms in total. The molecule has 31 heavy (non-hydrogen) atoms. The molecule has 1 aromatic heterocycles. The van der Waals surface area contributed by atoms with Gasteiger partial charge in [0.2, 0.25) is 0 Å². The number of piperidine rings is 1. The summed E-state index contributed by atoms with van der Waals surface area (Å²) in [5.41, 5.74) is 3.48. The number of rotatable bonds is 6. The highest BCUT2D eigenvalue weighted by molar-refractivity contribution is 5.88. The number of aliphatic hydroxyl groups is 1. The van der Waals surface area contributed by atoms with Gasteiger partial charge < -0.3 is 25.6 Å². The molecule has 3 N–H and O–H groups in total. The molecule has 0 bridgehead atoms. The quantitative estimate of drug-likeness (QED) is 0.615. The molecule has 0 amide bonds. The minimum atomic E-state index is -0.906. The van der Waals surface area contributed by atoms with Crippen molar-refractivity contribution in [2.45, 2.75) is 45.4 Å². The molecule has 0 radical (unpaired) electrons. The number of nitrogens with one attached hydrogen (secondary N) is 2. The lowest BCUT2D eigenvalue weighted by Gasteiger charge is -2.37. The summed E-state index contributed by atoms with van der Waals surface area (Å²) in [5, 5.41) is 20.8. The molecule has 4 rings (SSSR count). The van der Waals surface area contributed by atoms with Gasteiger partial charge in [-0.1, -0.05) is 6.92 Å². The molecule has 3 heterocycles. The molecular formula is C23H31FN6O. The molecule has 166 valence electrons. The zero-order valence-corrected chi connectivity index (χ0v) is 18.4. The molecule has 2 aliphatic rings. The molecule has 0 aliphatic carbocycles. The van der Waals surface area contributed by atoms with Crippen molar-refractivity contribution in [1.82, 2.24) is 14.9 Å².